The first-order valence-electron chi connectivity index (χ1n) is 12.5. The highest BCUT2D eigenvalue weighted by molar-refractivity contribution is 5.99. The normalized spacial score (nSPS) is 14.9. The summed E-state index contributed by atoms with van der Waals surface area (Å²) in [5.74, 6) is 1.29. The SMILES string of the molecule is O=C(NCc1cccnc1)c1ccc(N2CCC(c3ccncc3)C2)nc1NCCc1cccc(F)c1. The molecule has 0 radical (unpaired) electrons. The van der Waals surface area contributed by atoms with E-state index in [-0.39, 0.29) is 11.7 Å². The van der Waals surface area contributed by atoms with Crippen LogP contribution in [0.5, 0.6) is 0 Å². The average molecular weight is 497 g/mol. The highest BCUT2D eigenvalue weighted by Crippen LogP contribution is 2.31. The van der Waals surface area contributed by atoms with E-state index >= 15 is 0 Å². The molecule has 1 fully saturated rings. The molecule has 1 aliphatic rings. The Labute approximate surface area is 215 Å². The third-order valence-electron chi connectivity index (χ3n) is 6.59. The molecule has 1 atom stereocenters. The summed E-state index contributed by atoms with van der Waals surface area (Å²) in [6.45, 7) is 2.63. The molecule has 0 bridgehead atoms. The van der Waals surface area contributed by atoms with Gasteiger partial charge < -0.3 is 15.5 Å². The number of aromatic nitrogens is 3. The van der Waals surface area contributed by atoms with Crippen LogP contribution in [0.2, 0.25) is 0 Å². The summed E-state index contributed by atoms with van der Waals surface area (Å²) in [5, 5.41) is 6.29. The number of rotatable bonds is 9. The zero-order chi connectivity index (χ0) is 25.5. The molecular weight excluding hydrogens is 467 g/mol. The Morgan fingerprint density at radius 2 is 1.86 bits per heavy atom. The monoisotopic (exact) mass is 496 g/mol. The van der Waals surface area contributed by atoms with Gasteiger partial charge in [0, 0.05) is 56.9 Å². The van der Waals surface area contributed by atoms with Crippen molar-refractivity contribution in [3.8, 4) is 0 Å². The summed E-state index contributed by atoms with van der Waals surface area (Å²) in [6, 6.07) is 18.2. The predicted octanol–water partition coefficient (Wildman–Crippen LogP) is 4.59. The minimum absolute atomic E-state index is 0.216. The molecule has 4 aromatic rings. The quantitative estimate of drug-likeness (QED) is 0.353. The maximum Gasteiger partial charge on any atom is 0.255 e. The van der Waals surface area contributed by atoms with Crippen molar-refractivity contribution in [2.45, 2.75) is 25.3 Å². The van der Waals surface area contributed by atoms with E-state index in [0.29, 0.717) is 36.8 Å². The lowest BCUT2D eigenvalue weighted by molar-refractivity contribution is 0.0951. The van der Waals surface area contributed by atoms with E-state index in [1.165, 1.54) is 17.7 Å². The van der Waals surface area contributed by atoms with Crippen LogP contribution in [-0.2, 0) is 13.0 Å². The number of nitrogens with zero attached hydrogens (tertiary/aromatic N) is 4. The van der Waals surface area contributed by atoms with Crippen LogP contribution in [-0.4, -0.2) is 40.5 Å². The maximum absolute atomic E-state index is 13.6. The fourth-order valence-corrected chi connectivity index (χ4v) is 4.62. The summed E-state index contributed by atoms with van der Waals surface area (Å²) in [6.07, 6.45) is 8.72. The van der Waals surface area contributed by atoms with Crippen LogP contribution < -0.4 is 15.5 Å². The van der Waals surface area contributed by atoms with Gasteiger partial charge in [-0.25, -0.2) is 9.37 Å². The predicted molar refractivity (Wildman–Crippen MR) is 142 cm³/mol. The van der Waals surface area contributed by atoms with Crippen LogP contribution in [0.1, 0.15) is 39.4 Å². The van der Waals surface area contributed by atoms with Gasteiger partial charge in [0.05, 0.1) is 5.56 Å². The van der Waals surface area contributed by atoms with Gasteiger partial charge in [-0.3, -0.25) is 14.8 Å². The van der Waals surface area contributed by atoms with Crippen molar-refractivity contribution < 1.29 is 9.18 Å². The molecule has 188 valence electrons. The molecule has 1 unspecified atom stereocenters. The van der Waals surface area contributed by atoms with E-state index in [9.17, 15) is 9.18 Å². The van der Waals surface area contributed by atoms with Crippen molar-refractivity contribution in [2.75, 3.05) is 29.9 Å². The van der Waals surface area contributed by atoms with Gasteiger partial charge >= 0.3 is 0 Å². The van der Waals surface area contributed by atoms with Gasteiger partial charge in [-0.15, -0.1) is 0 Å². The topological polar surface area (TPSA) is 83.0 Å². The second-order valence-electron chi connectivity index (χ2n) is 9.13. The number of anilines is 2. The Bertz CT molecular complexity index is 1330. The molecule has 0 spiro atoms. The van der Waals surface area contributed by atoms with Gasteiger partial charge in [0.15, 0.2) is 0 Å². The number of carbonyl (C=O) groups is 1. The Kier molecular flexibility index (Phi) is 7.64. The summed E-state index contributed by atoms with van der Waals surface area (Å²) in [5.41, 5.74) is 3.54. The van der Waals surface area contributed by atoms with Gasteiger partial charge in [-0.2, -0.15) is 0 Å². The lowest BCUT2D eigenvalue weighted by atomic mass is 10.00. The molecule has 2 N–H and O–H groups in total. The number of benzene rings is 1. The van der Waals surface area contributed by atoms with Crippen LogP contribution in [0.4, 0.5) is 16.0 Å². The van der Waals surface area contributed by atoms with Crippen molar-refractivity contribution >= 4 is 17.5 Å². The molecule has 7 nitrogen and oxygen atoms in total. The first kappa shape index (κ1) is 24.4. The molecule has 8 heteroatoms. The largest absolute Gasteiger partial charge is 0.369 e. The van der Waals surface area contributed by atoms with E-state index in [1.807, 2.05) is 42.7 Å². The van der Waals surface area contributed by atoms with Crippen LogP contribution in [0.15, 0.2) is 85.5 Å². The number of amides is 1. The summed E-state index contributed by atoms with van der Waals surface area (Å²) < 4.78 is 13.6. The maximum atomic E-state index is 13.6. The van der Waals surface area contributed by atoms with Crippen LogP contribution in [0, 0.1) is 5.82 Å². The highest BCUT2D eigenvalue weighted by atomic mass is 19.1. The second kappa shape index (κ2) is 11.6. The fraction of sp³-hybridized carbons (Fsp3) is 0.241. The van der Waals surface area contributed by atoms with Gasteiger partial charge in [0.1, 0.15) is 17.5 Å². The zero-order valence-electron chi connectivity index (χ0n) is 20.5. The van der Waals surface area contributed by atoms with Gasteiger partial charge in [-0.1, -0.05) is 18.2 Å². The second-order valence-corrected chi connectivity index (χ2v) is 9.13. The minimum Gasteiger partial charge on any atom is -0.369 e. The number of carbonyl (C=O) groups excluding carboxylic acids is 1. The molecule has 3 aromatic heterocycles. The molecule has 1 saturated heterocycles. The third kappa shape index (κ3) is 6.27. The van der Waals surface area contributed by atoms with E-state index < -0.39 is 0 Å². The standard InChI is InChI=1S/C29H29FN6O/c30-25-5-1-3-21(17-25)8-15-33-28-26(29(37)34-19-22-4-2-12-32-18-22)6-7-27(35-28)36-16-11-24(20-36)23-9-13-31-14-10-23/h1-7,9-10,12-14,17-18,24H,8,11,15-16,19-20H2,(H,33,35)(H,34,37). The molecule has 1 aromatic carbocycles. The molecule has 0 aliphatic carbocycles. The van der Waals surface area contributed by atoms with Gasteiger partial charge in [0.2, 0.25) is 0 Å². The average Bonchev–Trinajstić information content (AvgIpc) is 3.43. The van der Waals surface area contributed by atoms with Crippen molar-refractivity contribution in [1.29, 1.82) is 0 Å². The number of hydrogen-bond donors (Lipinski definition) is 2. The summed E-state index contributed by atoms with van der Waals surface area (Å²) in [4.78, 5) is 28.4. The lowest BCUT2D eigenvalue weighted by Crippen LogP contribution is -2.26. The Balaban J connectivity index is 1.32. The first-order chi connectivity index (χ1) is 18.2. The van der Waals surface area contributed by atoms with E-state index in [0.717, 1.165) is 36.5 Å². The number of nitrogens with one attached hydrogen (secondary N) is 2. The van der Waals surface area contributed by atoms with Crippen LogP contribution in [0.25, 0.3) is 0 Å². The molecule has 1 aliphatic heterocycles. The summed E-state index contributed by atoms with van der Waals surface area (Å²) >= 11 is 0. The molecule has 37 heavy (non-hydrogen) atoms. The Hall–Kier alpha value is -4.33. The molecule has 5 rings (SSSR count). The van der Waals surface area contributed by atoms with Crippen molar-refractivity contribution in [3.05, 3.63) is 114 Å². The lowest BCUT2D eigenvalue weighted by Gasteiger charge is -2.20. The Morgan fingerprint density at radius 1 is 1.00 bits per heavy atom. The smallest absolute Gasteiger partial charge is 0.255 e. The number of halogens is 1. The Morgan fingerprint density at radius 3 is 2.68 bits per heavy atom. The minimum atomic E-state index is -0.258. The number of hydrogen-bond acceptors (Lipinski definition) is 6. The van der Waals surface area contributed by atoms with Crippen LogP contribution in [0.3, 0.4) is 0 Å². The van der Waals surface area contributed by atoms with Crippen molar-refractivity contribution in [2.24, 2.45) is 0 Å². The van der Waals surface area contributed by atoms with Gasteiger partial charge in [0.25, 0.3) is 5.91 Å². The van der Waals surface area contributed by atoms with Crippen LogP contribution >= 0.6 is 0 Å². The fourth-order valence-electron chi connectivity index (χ4n) is 4.62. The van der Waals surface area contributed by atoms with Crippen molar-refractivity contribution in [3.63, 3.8) is 0 Å². The third-order valence-corrected chi connectivity index (χ3v) is 6.59. The van der Waals surface area contributed by atoms with E-state index in [2.05, 4.69) is 37.6 Å². The van der Waals surface area contributed by atoms with E-state index in [1.54, 1.807) is 18.5 Å². The van der Waals surface area contributed by atoms with E-state index in [4.69, 9.17) is 4.98 Å². The first-order valence-corrected chi connectivity index (χ1v) is 12.5. The highest BCUT2D eigenvalue weighted by Gasteiger charge is 2.26. The zero-order valence-corrected chi connectivity index (χ0v) is 20.5. The molecule has 1 amide bonds. The number of pyridine rings is 3. The van der Waals surface area contributed by atoms with Gasteiger partial charge in [-0.05, 0) is 72.0 Å². The molecule has 4 heterocycles. The molecule has 0 saturated carbocycles. The summed E-state index contributed by atoms with van der Waals surface area (Å²) in [7, 11) is 0. The van der Waals surface area contributed by atoms with Crippen molar-refractivity contribution in [1.82, 2.24) is 20.3 Å². The molecular formula is C29H29FN6O.